The van der Waals surface area contributed by atoms with Crippen LogP contribution in [0.25, 0.3) is 0 Å². The van der Waals surface area contributed by atoms with Crippen LogP contribution in [0.2, 0.25) is 0 Å². The smallest absolute Gasteiger partial charge is 0.291 e. The first kappa shape index (κ1) is 18.2. The van der Waals surface area contributed by atoms with E-state index in [2.05, 4.69) is 10.3 Å². The van der Waals surface area contributed by atoms with Crippen LogP contribution in [-0.4, -0.2) is 42.0 Å². The second kappa shape index (κ2) is 8.40. The molecule has 1 atom stereocenters. The highest BCUT2D eigenvalue weighted by Gasteiger charge is 2.25. The van der Waals surface area contributed by atoms with Crippen molar-refractivity contribution in [2.45, 2.75) is 32.2 Å². The van der Waals surface area contributed by atoms with Crippen LogP contribution in [0, 0.1) is 6.92 Å². The summed E-state index contributed by atoms with van der Waals surface area (Å²) in [6, 6.07) is 0.294. The molecule has 1 fully saturated rings. The molecule has 1 amide bonds. The van der Waals surface area contributed by atoms with Crippen LogP contribution in [0.3, 0.4) is 0 Å². The van der Waals surface area contributed by atoms with Gasteiger partial charge in [-0.15, -0.1) is 24.8 Å². The Labute approximate surface area is 126 Å². The molecule has 1 aromatic heterocycles. The molecule has 1 unspecified atom stereocenters. The van der Waals surface area contributed by atoms with Crippen LogP contribution in [0.1, 0.15) is 35.5 Å². The fraction of sp³-hybridized carbons (Fsp3) is 0.667. The van der Waals surface area contributed by atoms with E-state index < -0.39 is 0 Å². The molecular formula is C12H21Cl2N3O2. The number of hydrogen-bond acceptors (Lipinski definition) is 4. The summed E-state index contributed by atoms with van der Waals surface area (Å²) in [6.45, 7) is 3.80. The van der Waals surface area contributed by atoms with Gasteiger partial charge < -0.3 is 14.6 Å². The van der Waals surface area contributed by atoms with Crippen LogP contribution in [0.5, 0.6) is 0 Å². The van der Waals surface area contributed by atoms with Gasteiger partial charge in [0.2, 0.25) is 5.76 Å². The molecule has 2 heterocycles. The van der Waals surface area contributed by atoms with Gasteiger partial charge in [0.15, 0.2) is 6.39 Å². The van der Waals surface area contributed by atoms with Gasteiger partial charge in [-0.25, -0.2) is 4.98 Å². The fourth-order valence-corrected chi connectivity index (χ4v) is 2.22. The van der Waals surface area contributed by atoms with E-state index in [4.69, 9.17) is 4.42 Å². The quantitative estimate of drug-likeness (QED) is 0.908. The molecule has 0 radical (unpaired) electrons. The summed E-state index contributed by atoms with van der Waals surface area (Å²) in [4.78, 5) is 18.0. The average Bonchev–Trinajstić information content (AvgIpc) is 2.60. The van der Waals surface area contributed by atoms with Crippen molar-refractivity contribution in [2.24, 2.45) is 0 Å². The number of rotatable bonds is 2. The minimum absolute atomic E-state index is 0. The van der Waals surface area contributed by atoms with E-state index in [1.54, 1.807) is 11.8 Å². The van der Waals surface area contributed by atoms with Gasteiger partial charge in [0.25, 0.3) is 5.91 Å². The Kier molecular flexibility index (Phi) is 8.06. The first-order chi connectivity index (χ1) is 8.20. The van der Waals surface area contributed by atoms with E-state index >= 15 is 0 Å². The minimum Gasteiger partial charge on any atom is -0.438 e. The molecule has 19 heavy (non-hydrogen) atoms. The van der Waals surface area contributed by atoms with Gasteiger partial charge in [0.05, 0.1) is 5.69 Å². The maximum Gasteiger partial charge on any atom is 0.291 e. The van der Waals surface area contributed by atoms with Crippen molar-refractivity contribution < 1.29 is 9.21 Å². The van der Waals surface area contributed by atoms with Gasteiger partial charge in [0, 0.05) is 13.1 Å². The van der Waals surface area contributed by atoms with E-state index in [1.807, 2.05) is 7.05 Å². The highest BCUT2D eigenvalue weighted by atomic mass is 35.5. The largest absolute Gasteiger partial charge is 0.438 e. The van der Waals surface area contributed by atoms with Crippen LogP contribution in [0.15, 0.2) is 10.8 Å². The topological polar surface area (TPSA) is 58.4 Å². The van der Waals surface area contributed by atoms with Gasteiger partial charge >= 0.3 is 0 Å². The number of amides is 1. The highest BCUT2D eigenvalue weighted by molar-refractivity contribution is 5.92. The number of hydrogen-bond donors (Lipinski definition) is 1. The third kappa shape index (κ3) is 4.37. The molecule has 1 N–H and O–H groups in total. The molecule has 0 saturated carbocycles. The molecule has 1 saturated heterocycles. The molecule has 1 aromatic rings. The molecule has 110 valence electrons. The van der Waals surface area contributed by atoms with Gasteiger partial charge in [0.1, 0.15) is 0 Å². The lowest BCUT2D eigenvalue weighted by Crippen LogP contribution is -2.37. The summed E-state index contributed by atoms with van der Waals surface area (Å²) >= 11 is 0. The van der Waals surface area contributed by atoms with E-state index in [0.29, 0.717) is 17.5 Å². The molecule has 7 heteroatoms. The monoisotopic (exact) mass is 309 g/mol. The molecule has 0 bridgehead atoms. The molecule has 2 rings (SSSR count). The number of nitrogens with zero attached hydrogens (tertiary/aromatic N) is 2. The molecule has 1 aliphatic rings. The highest BCUT2D eigenvalue weighted by Crippen LogP contribution is 2.16. The van der Waals surface area contributed by atoms with Crippen molar-refractivity contribution in [3.8, 4) is 0 Å². The van der Waals surface area contributed by atoms with Crippen molar-refractivity contribution in [2.75, 3.05) is 20.1 Å². The molecule has 0 spiro atoms. The predicted molar refractivity (Wildman–Crippen MR) is 78.3 cm³/mol. The zero-order chi connectivity index (χ0) is 12.3. The number of halogens is 2. The predicted octanol–water partition coefficient (Wildman–Crippen LogP) is 2.04. The third-order valence-corrected chi connectivity index (χ3v) is 3.35. The van der Waals surface area contributed by atoms with Crippen molar-refractivity contribution in [3.63, 3.8) is 0 Å². The van der Waals surface area contributed by atoms with E-state index in [0.717, 1.165) is 32.4 Å². The average molecular weight is 310 g/mol. The lowest BCUT2D eigenvalue weighted by molar-refractivity contribution is 0.0687. The Morgan fingerprint density at radius 2 is 2.16 bits per heavy atom. The Bertz CT molecular complexity index is 390. The molecule has 0 aromatic carbocycles. The van der Waals surface area contributed by atoms with Gasteiger partial charge in [-0.1, -0.05) is 0 Å². The molecule has 1 aliphatic heterocycles. The minimum atomic E-state index is -0.0631. The number of nitrogens with one attached hydrogen (secondary N) is 1. The van der Waals surface area contributed by atoms with Crippen molar-refractivity contribution in [3.05, 3.63) is 17.8 Å². The summed E-state index contributed by atoms with van der Waals surface area (Å²) in [7, 11) is 1.85. The van der Waals surface area contributed by atoms with Crippen LogP contribution in [-0.2, 0) is 0 Å². The lowest BCUT2D eigenvalue weighted by atomic mass is 10.1. The maximum atomic E-state index is 12.2. The first-order valence-electron chi connectivity index (χ1n) is 6.08. The van der Waals surface area contributed by atoms with Crippen LogP contribution in [0.4, 0.5) is 0 Å². The summed E-state index contributed by atoms with van der Waals surface area (Å²) in [5, 5.41) is 3.34. The zero-order valence-corrected chi connectivity index (χ0v) is 12.9. The number of aromatic nitrogens is 1. The number of aryl methyl sites for hydroxylation is 1. The Morgan fingerprint density at radius 3 is 2.79 bits per heavy atom. The van der Waals surface area contributed by atoms with Gasteiger partial charge in [-0.05, 0) is 39.3 Å². The standard InChI is InChI=1S/C12H19N3O2.2ClH/c1-9-11(17-8-14-9)12(16)15(2)10-4-3-6-13-7-5-10;;/h8,10,13H,3-7H2,1-2H3;2*1H. The summed E-state index contributed by atoms with van der Waals surface area (Å²) in [6.07, 6.45) is 4.47. The fourth-order valence-electron chi connectivity index (χ4n) is 2.22. The van der Waals surface area contributed by atoms with E-state index in [-0.39, 0.29) is 30.7 Å². The second-order valence-corrected chi connectivity index (χ2v) is 4.52. The van der Waals surface area contributed by atoms with Crippen LogP contribution >= 0.6 is 24.8 Å². The van der Waals surface area contributed by atoms with Gasteiger partial charge in [-0.2, -0.15) is 0 Å². The van der Waals surface area contributed by atoms with Crippen LogP contribution < -0.4 is 5.32 Å². The molecule has 0 aliphatic carbocycles. The lowest BCUT2D eigenvalue weighted by Gasteiger charge is -2.26. The first-order valence-corrected chi connectivity index (χ1v) is 6.08. The molecular weight excluding hydrogens is 289 g/mol. The normalized spacial score (nSPS) is 18.7. The van der Waals surface area contributed by atoms with E-state index in [9.17, 15) is 4.79 Å². The summed E-state index contributed by atoms with van der Waals surface area (Å²) in [5.41, 5.74) is 0.661. The molecule has 5 nitrogen and oxygen atoms in total. The zero-order valence-electron chi connectivity index (χ0n) is 11.2. The number of oxazole rings is 1. The Hall–Kier alpha value is -0.780. The summed E-state index contributed by atoms with van der Waals surface area (Å²) < 4.78 is 5.15. The maximum absolute atomic E-state index is 12.2. The number of carbonyl (C=O) groups is 1. The van der Waals surface area contributed by atoms with E-state index in [1.165, 1.54) is 6.39 Å². The number of carbonyl (C=O) groups excluding carboxylic acids is 1. The Morgan fingerprint density at radius 1 is 1.42 bits per heavy atom. The summed E-state index contributed by atoms with van der Waals surface area (Å²) in [5.74, 6) is 0.302. The van der Waals surface area contributed by atoms with Gasteiger partial charge in [-0.3, -0.25) is 4.79 Å². The SMILES string of the molecule is Cc1ncoc1C(=O)N(C)C1CCCNCC1.Cl.Cl. The third-order valence-electron chi connectivity index (χ3n) is 3.35. The Balaban J connectivity index is 0.00000162. The van der Waals surface area contributed by atoms with Crippen molar-refractivity contribution in [1.29, 1.82) is 0 Å². The second-order valence-electron chi connectivity index (χ2n) is 4.52. The van der Waals surface area contributed by atoms with Crippen molar-refractivity contribution in [1.82, 2.24) is 15.2 Å². The van der Waals surface area contributed by atoms with Crippen molar-refractivity contribution >= 4 is 30.7 Å².